The quantitative estimate of drug-likeness (QED) is 0.678. The topological polar surface area (TPSA) is 60.4 Å². The summed E-state index contributed by atoms with van der Waals surface area (Å²) in [7, 11) is 0. The maximum absolute atomic E-state index is 12.8. The number of carbonyl (C=O) groups excluding carboxylic acids is 1. The second-order valence-corrected chi connectivity index (χ2v) is 7.36. The Morgan fingerprint density at radius 2 is 1.87 bits per heavy atom. The van der Waals surface area contributed by atoms with Crippen LogP contribution in [0.5, 0.6) is 11.5 Å². The maximum atomic E-state index is 12.8. The molecule has 1 atom stereocenters. The first-order chi connectivity index (χ1) is 14.8. The minimum absolute atomic E-state index is 0.111. The molecule has 0 aliphatic carbocycles. The van der Waals surface area contributed by atoms with Crippen LogP contribution >= 0.6 is 0 Å². The molecule has 2 aromatic rings. The molecule has 164 valence electrons. The van der Waals surface area contributed by atoms with E-state index in [1.807, 2.05) is 18.2 Å². The first-order valence-electron chi connectivity index (χ1n) is 9.90. The molecule has 0 saturated carbocycles. The molecule has 1 unspecified atom stereocenters. The zero-order chi connectivity index (χ0) is 22.0. The Morgan fingerprint density at radius 3 is 2.58 bits per heavy atom. The van der Waals surface area contributed by atoms with Crippen molar-refractivity contribution in [2.45, 2.75) is 38.6 Å². The molecule has 2 aromatic carbocycles. The summed E-state index contributed by atoms with van der Waals surface area (Å²) in [5, 5.41) is 4.15. The van der Waals surface area contributed by atoms with Gasteiger partial charge in [-0.15, -0.1) is 0 Å². The summed E-state index contributed by atoms with van der Waals surface area (Å²) in [6.07, 6.45) is -3.95. The number of hydrogen-bond donors (Lipinski definition) is 0. The summed E-state index contributed by atoms with van der Waals surface area (Å²) in [4.78, 5) is 19.6. The molecule has 0 radical (unpaired) electrons. The number of fused-ring (bicyclic) bond motifs is 1. The fourth-order valence-corrected chi connectivity index (χ4v) is 3.52. The maximum Gasteiger partial charge on any atom is 0.416 e. The lowest BCUT2D eigenvalue weighted by Gasteiger charge is -2.24. The van der Waals surface area contributed by atoms with Crippen LogP contribution in [0.3, 0.4) is 0 Å². The molecule has 6 nitrogen and oxygen atoms in total. The first kappa shape index (κ1) is 21.0. The van der Waals surface area contributed by atoms with Gasteiger partial charge in [0.15, 0.2) is 17.6 Å². The number of amides is 1. The molecule has 1 amide bonds. The zero-order valence-corrected chi connectivity index (χ0v) is 16.8. The minimum atomic E-state index is -4.39. The minimum Gasteiger partial charge on any atom is -0.454 e. The second-order valence-electron chi connectivity index (χ2n) is 7.36. The van der Waals surface area contributed by atoms with Crippen molar-refractivity contribution in [3.05, 3.63) is 59.2 Å². The van der Waals surface area contributed by atoms with Crippen molar-refractivity contribution in [2.24, 2.45) is 5.16 Å². The highest BCUT2D eigenvalue weighted by atomic mass is 19.4. The fourth-order valence-electron chi connectivity index (χ4n) is 3.52. The Bertz CT molecular complexity index is 989. The molecule has 31 heavy (non-hydrogen) atoms. The number of benzene rings is 2. The summed E-state index contributed by atoms with van der Waals surface area (Å²) in [5.74, 6) is 1.21. The van der Waals surface area contributed by atoms with Crippen molar-refractivity contribution in [3.8, 4) is 11.5 Å². The van der Waals surface area contributed by atoms with Gasteiger partial charge >= 0.3 is 6.18 Å². The summed E-state index contributed by atoms with van der Waals surface area (Å²) in [6, 6.07) is 10.4. The molecule has 0 bridgehead atoms. The normalized spacial score (nSPS) is 17.3. The Kier molecular flexibility index (Phi) is 5.75. The fraction of sp³-hybridized carbons (Fsp3) is 0.364. The van der Waals surface area contributed by atoms with Crippen molar-refractivity contribution in [1.82, 2.24) is 4.90 Å². The van der Waals surface area contributed by atoms with Gasteiger partial charge in [0, 0.05) is 24.9 Å². The standard InChI is InChI=1S/C22H21F3N2O4/c1-2-21(28)27(11-14-3-6-16(7-4-14)22(23,24)25)12-17-10-18(26-31-17)15-5-8-19-20(9-15)30-13-29-19/h3-9,17H,2,10-13H2,1H3. The smallest absolute Gasteiger partial charge is 0.416 e. The van der Waals surface area contributed by atoms with E-state index in [0.29, 0.717) is 23.5 Å². The molecule has 0 fully saturated rings. The van der Waals surface area contributed by atoms with Crippen molar-refractivity contribution in [2.75, 3.05) is 13.3 Å². The van der Waals surface area contributed by atoms with E-state index in [4.69, 9.17) is 14.3 Å². The SMILES string of the molecule is CCC(=O)N(Cc1ccc(C(F)(F)F)cc1)CC1CC(c2ccc3c(c2)OCO3)=NO1. The van der Waals surface area contributed by atoms with Gasteiger partial charge < -0.3 is 19.2 Å². The highest BCUT2D eigenvalue weighted by Gasteiger charge is 2.30. The lowest BCUT2D eigenvalue weighted by molar-refractivity contribution is -0.137. The van der Waals surface area contributed by atoms with E-state index in [2.05, 4.69) is 5.16 Å². The Balaban J connectivity index is 1.40. The lowest BCUT2D eigenvalue weighted by atomic mass is 10.0. The molecule has 9 heteroatoms. The number of rotatable bonds is 6. The highest BCUT2D eigenvalue weighted by molar-refractivity contribution is 6.01. The monoisotopic (exact) mass is 434 g/mol. The van der Waals surface area contributed by atoms with Crippen molar-refractivity contribution in [1.29, 1.82) is 0 Å². The van der Waals surface area contributed by atoms with Gasteiger partial charge in [-0.1, -0.05) is 24.2 Å². The van der Waals surface area contributed by atoms with Gasteiger partial charge in [0.25, 0.3) is 0 Å². The van der Waals surface area contributed by atoms with Gasteiger partial charge in [0.05, 0.1) is 17.8 Å². The van der Waals surface area contributed by atoms with Gasteiger partial charge in [0.1, 0.15) is 0 Å². The van der Waals surface area contributed by atoms with E-state index in [-0.39, 0.29) is 38.3 Å². The number of hydrogen-bond acceptors (Lipinski definition) is 5. The Morgan fingerprint density at radius 1 is 1.13 bits per heavy atom. The molecule has 0 spiro atoms. The van der Waals surface area contributed by atoms with Gasteiger partial charge in [0.2, 0.25) is 12.7 Å². The van der Waals surface area contributed by atoms with Crippen LogP contribution in [0.25, 0.3) is 0 Å². The van der Waals surface area contributed by atoms with Crippen LogP contribution in [0.1, 0.15) is 36.5 Å². The summed E-state index contributed by atoms with van der Waals surface area (Å²) in [6.45, 7) is 2.41. The average molecular weight is 434 g/mol. The highest BCUT2D eigenvalue weighted by Crippen LogP contribution is 2.34. The summed E-state index contributed by atoms with van der Waals surface area (Å²) < 4.78 is 49.0. The number of ether oxygens (including phenoxy) is 2. The number of alkyl halides is 3. The van der Waals surface area contributed by atoms with Crippen LogP contribution in [0.15, 0.2) is 47.6 Å². The molecule has 4 rings (SSSR count). The molecule has 2 aliphatic heterocycles. The van der Waals surface area contributed by atoms with Gasteiger partial charge in [-0.05, 0) is 35.9 Å². The molecular weight excluding hydrogens is 413 g/mol. The Labute approximate surface area is 177 Å². The Hall–Kier alpha value is -3.23. The number of nitrogens with zero attached hydrogens (tertiary/aromatic N) is 2. The van der Waals surface area contributed by atoms with Gasteiger partial charge in [-0.2, -0.15) is 13.2 Å². The van der Waals surface area contributed by atoms with Gasteiger partial charge in [-0.3, -0.25) is 4.79 Å². The van der Waals surface area contributed by atoms with Crippen LogP contribution in [-0.2, 0) is 22.4 Å². The zero-order valence-electron chi connectivity index (χ0n) is 16.8. The number of oxime groups is 1. The van der Waals surface area contributed by atoms with E-state index < -0.39 is 11.7 Å². The lowest BCUT2D eigenvalue weighted by Crippen LogP contribution is -2.36. The van der Waals surface area contributed by atoms with Crippen LogP contribution in [0.4, 0.5) is 13.2 Å². The molecular formula is C22H21F3N2O4. The average Bonchev–Trinajstić information content (AvgIpc) is 3.41. The number of carbonyl (C=O) groups is 1. The predicted octanol–water partition coefficient (Wildman–Crippen LogP) is 4.37. The van der Waals surface area contributed by atoms with E-state index >= 15 is 0 Å². The van der Waals surface area contributed by atoms with Crippen molar-refractivity contribution in [3.63, 3.8) is 0 Å². The molecule has 0 N–H and O–H groups in total. The van der Waals surface area contributed by atoms with E-state index in [0.717, 1.165) is 23.4 Å². The van der Waals surface area contributed by atoms with E-state index in [9.17, 15) is 18.0 Å². The summed E-state index contributed by atoms with van der Waals surface area (Å²) >= 11 is 0. The third kappa shape index (κ3) is 4.76. The van der Waals surface area contributed by atoms with E-state index in [1.54, 1.807) is 11.8 Å². The third-order valence-electron chi connectivity index (χ3n) is 5.17. The summed E-state index contributed by atoms with van der Waals surface area (Å²) in [5.41, 5.74) is 1.49. The predicted molar refractivity (Wildman–Crippen MR) is 106 cm³/mol. The van der Waals surface area contributed by atoms with E-state index in [1.165, 1.54) is 12.1 Å². The van der Waals surface area contributed by atoms with Crippen molar-refractivity contribution >= 4 is 11.6 Å². The molecule has 2 aliphatic rings. The van der Waals surface area contributed by atoms with Gasteiger partial charge in [-0.25, -0.2) is 0 Å². The van der Waals surface area contributed by atoms with Crippen LogP contribution in [0, 0.1) is 0 Å². The largest absolute Gasteiger partial charge is 0.454 e. The second kappa shape index (κ2) is 8.49. The third-order valence-corrected chi connectivity index (χ3v) is 5.17. The molecule has 0 saturated heterocycles. The van der Waals surface area contributed by atoms with Crippen LogP contribution in [-0.4, -0.2) is 36.0 Å². The number of halogens is 3. The first-order valence-corrected chi connectivity index (χ1v) is 9.90. The molecule has 2 heterocycles. The van der Waals surface area contributed by atoms with Crippen LogP contribution < -0.4 is 9.47 Å². The molecule has 0 aromatic heterocycles. The van der Waals surface area contributed by atoms with Crippen molar-refractivity contribution < 1.29 is 32.3 Å². The van der Waals surface area contributed by atoms with Crippen LogP contribution in [0.2, 0.25) is 0 Å².